The third-order valence-corrected chi connectivity index (χ3v) is 3.18. The molecule has 1 fully saturated rings. The Bertz CT molecular complexity index is 548. The minimum atomic E-state index is -0.288. The molecule has 1 aliphatic heterocycles. The summed E-state index contributed by atoms with van der Waals surface area (Å²) in [7, 11) is 0. The molecule has 19 heavy (non-hydrogen) atoms. The summed E-state index contributed by atoms with van der Waals surface area (Å²) in [5, 5.41) is 11.2. The van der Waals surface area contributed by atoms with E-state index in [2.05, 4.69) is 11.4 Å². The van der Waals surface area contributed by atoms with Crippen LogP contribution in [-0.2, 0) is 16.1 Å². The quantitative estimate of drug-likeness (QED) is 0.813. The maximum atomic E-state index is 11.7. The summed E-state index contributed by atoms with van der Waals surface area (Å²) in [5.41, 5.74) is 1.51. The van der Waals surface area contributed by atoms with Crippen molar-refractivity contribution in [2.75, 3.05) is 6.54 Å². The number of amides is 2. The number of nitrogens with one attached hydrogen (secondary N) is 1. The first-order valence-corrected chi connectivity index (χ1v) is 6.21. The molecule has 1 heterocycles. The normalized spacial score (nSPS) is 19.9. The van der Waals surface area contributed by atoms with Gasteiger partial charge >= 0.3 is 0 Å². The van der Waals surface area contributed by atoms with Crippen LogP contribution < -0.4 is 5.32 Å². The highest BCUT2D eigenvalue weighted by atomic mass is 16.2. The minimum absolute atomic E-state index is 0.209. The van der Waals surface area contributed by atoms with Crippen molar-refractivity contribution in [1.82, 2.24) is 10.2 Å². The number of carbonyl (C=O) groups excluding carboxylic acids is 2. The standard InChI is InChI=1S/C14H15N3O2/c1-2-12-14(19)16-13(18)9-17(12)8-11-5-3-4-10(6-11)7-15/h3-6,12H,2,8-9H2,1H3,(H,16,18,19). The fourth-order valence-corrected chi connectivity index (χ4v) is 2.30. The highest BCUT2D eigenvalue weighted by molar-refractivity contribution is 6.01. The lowest BCUT2D eigenvalue weighted by molar-refractivity contribution is -0.140. The number of nitriles is 1. The summed E-state index contributed by atoms with van der Waals surface area (Å²) in [6, 6.07) is 9.01. The molecule has 5 nitrogen and oxygen atoms in total. The second kappa shape index (κ2) is 5.63. The molecule has 1 N–H and O–H groups in total. The van der Waals surface area contributed by atoms with Gasteiger partial charge in [-0.25, -0.2) is 0 Å². The van der Waals surface area contributed by atoms with Crippen LogP contribution in [0.3, 0.4) is 0 Å². The molecule has 1 aromatic carbocycles. The Hall–Kier alpha value is -2.19. The van der Waals surface area contributed by atoms with Gasteiger partial charge in [0.15, 0.2) is 0 Å². The van der Waals surface area contributed by atoms with Crippen LogP contribution in [0, 0.1) is 11.3 Å². The number of benzene rings is 1. The molecule has 0 radical (unpaired) electrons. The van der Waals surface area contributed by atoms with E-state index in [4.69, 9.17) is 5.26 Å². The van der Waals surface area contributed by atoms with Crippen molar-refractivity contribution in [2.45, 2.75) is 25.9 Å². The second-order valence-electron chi connectivity index (χ2n) is 4.55. The first-order chi connectivity index (χ1) is 9.13. The molecular formula is C14H15N3O2. The van der Waals surface area contributed by atoms with E-state index >= 15 is 0 Å². The molecular weight excluding hydrogens is 242 g/mol. The summed E-state index contributed by atoms with van der Waals surface area (Å²) in [5.74, 6) is -0.513. The first-order valence-electron chi connectivity index (χ1n) is 6.21. The van der Waals surface area contributed by atoms with Gasteiger partial charge in [0.05, 0.1) is 24.2 Å². The highest BCUT2D eigenvalue weighted by Gasteiger charge is 2.32. The van der Waals surface area contributed by atoms with Gasteiger partial charge in [0.2, 0.25) is 11.8 Å². The van der Waals surface area contributed by atoms with Gasteiger partial charge < -0.3 is 0 Å². The Morgan fingerprint density at radius 3 is 2.95 bits per heavy atom. The third-order valence-electron chi connectivity index (χ3n) is 3.18. The number of rotatable bonds is 3. The Morgan fingerprint density at radius 2 is 2.26 bits per heavy atom. The van der Waals surface area contributed by atoms with Gasteiger partial charge in [-0.15, -0.1) is 0 Å². The van der Waals surface area contributed by atoms with E-state index in [0.29, 0.717) is 18.5 Å². The van der Waals surface area contributed by atoms with Gasteiger partial charge in [0, 0.05) is 6.54 Å². The number of hydrogen-bond donors (Lipinski definition) is 1. The molecule has 2 rings (SSSR count). The van der Waals surface area contributed by atoms with E-state index in [1.807, 2.05) is 17.9 Å². The molecule has 0 bridgehead atoms. The van der Waals surface area contributed by atoms with Gasteiger partial charge in [-0.05, 0) is 24.1 Å². The summed E-state index contributed by atoms with van der Waals surface area (Å²) in [6.45, 7) is 2.62. The molecule has 0 spiro atoms. The number of piperazine rings is 1. The monoisotopic (exact) mass is 257 g/mol. The molecule has 1 aliphatic rings. The van der Waals surface area contributed by atoms with Crippen LogP contribution in [0.25, 0.3) is 0 Å². The summed E-state index contributed by atoms with van der Waals surface area (Å²) in [6.07, 6.45) is 0.650. The van der Waals surface area contributed by atoms with E-state index < -0.39 is 0 Å². The lowest BCUT2D eigenvalue weighted by Gasteiger charge is -2.33. The van der Waals surface area contributed by atoms with Crippen molar-refractivity contribution in [3.63, 3.8) is 0 Å². The molecule has 0 aliphatic carbocycles. The molecule has 2 amide bonds. The number of carbonyl (C=O) groups is 2. The van der Waals surface area contributed by atoms with E-state index in [0.717, 1.165) is 5.56 Å². The summed E-state index contributed by atoms with van der Waals surface area (Å²) in [4.78, 5) is 25.0. The van der Waals surface area contributed by atoms with Crippen molar-refractivity contribution in [3.8, 4) is 6.07 Å². The molecule has 1 saturated heterocycles. The Labute approximate surface area is 111 Å². The molecule has 0 saturated carbocycles. The van der Waals surface area contributed by atoms with Crippen molar-refractivity contribution >= 4 is 11.8 Å². The Balaban J connectivity index is 2.17. The summed E-state index contributed by atoms with van der Waals surface area (Å²) < 4.78 is 0. The fourth-order valence-electron chi connectivity index (χ4n) is 2.30. The Kier molecular flexibility index (Phi) is 3.93. The maximum Gasteiger partial charge on any atom is 0.243 e. The molecule has 98 valence electrons. The molecule has 1 unspecified atom stereocenters. The van der Waals surface area contributed by atoms with E-state index in [1.165, 1.54) is 0 Å². The van der Waals surface area contributed by atoms with Gasteiger partial charge in [-0.2, -0.15) is 5.26 Å². The van der Waals surface area contributed by atoms with Crippen LogP contribution in [0.5, 0.6) is 0 Å². The molecule has 0 aromatic heterocycles. The predicted molar refractivity (Wildman–Crippen MR) is 68.8 cm³/mol. The molecule has 1 atom stereocenters. The zero-order valence-corrected chi connectivity index (χ0v) is 10.7. The smallest absolute Gasteiger partial charge is 0.243 e. The van der Waals surface area contributed by atoms with Crippen LogP contribution >= 0.6 is 0 Å². The van der Waals surface area contributed by atoms with Gasteiger partial charge in [-0.1, -0.05) is 19.1 Å². The van der Waals surface area contributed by atoms with Gasteiger partial charge in [0.1, 0.15) is 0 Å². The third kappa shape index (κ3) is 2.98. The van der Waals surface area contributed by atoms with Crippen LogP contribution in [0.15, 0.2) is 24.3 Å². The topological polar surface area (TPSA) is 73.2 Å². The fraction of sp³-hybridized carbons (Fsp3) is 0.357. The van der Waals surface area contributed by atoms with Crippen molar-refractivity contribution in [1.29, 1.82) is 5.26 Å². The lowest BCUT2D eigenvalue weighted by Crippen LogP contribution is -2.57. The van der Waals surface area contributed by atoms with Crippen molar-refractivity contribution in [2.24, 2.45) is 0 Å². The largest absolute Gasteiger partial charge is 0.294 e. The zero-order chi connectivity index (χ0) is 13.8. The summed E-state index contributed by atoms with van der Waals surface area (Å²) >= 11 is 0. The minimum Gasteiger partial charge on any atom is -0.294 e. The van der Waals surface area contributed by atoms with Gasteiger partial charge in [-0.3, -0.25) is 19.8 Å². The van der Waals surface area contributed by atoms with E-state index in [-0.39, 0.29) is 24.4 Å². The SMILES string of the molecule is CCC1C(=O)NC(=O)CN1Cc1cccc(C#N)c1. The first kappa shape index (κ1) is 13.2. The van der Waals surface area contributed by atoms with Crippen LogP contribution in [0.2, 0.25) is 0 Å². The van der Waals surface area contributed by atoms with E-state index in [1.54, 1.807) is 18.2 Å². The number of imide groups is 1. The number of nitrogens with zero attached hydrogens (tertiary/aromatic N) is 2. The molecule has 5 heteroatoms. The zero-order valence-electron chi connectivity index (χ0n) is 10.7. The predicted octanol–water partition coefficient (Wildman–Crippen LogP) is 0.795. The van der Waals surface area contributed by atoms with Crippen LogP contribution in [0.4, 0.5) is 0 Å². The Morgan fingerprint density at radius 1 is 1.47 bits per heavy atom. The van der Waals surface area contributed by atoms with Crippen LogP contribution in [0.1, 0.15) is 24.5 Å². The average Bonchev–Trinajstić information content (AvgIpc) is 2.38. The average molecular weight is 257 g/mol. The highest BCUT2D eigenvalue weighted by Crippen LogP contribution is 2.14. The second-order valence-corrected chi connectivity index (χ2v) is 4.55. The number of hydrogen-bond acceptors (Lipinski definition) is 4. The van der Waals surface area contributed by atoms with Crippen LogP contribution in [-0.4, -0.2) is 29.3 Å². The van der Waals surface area contributed by atoms with Crippen molar-refractivity contribution < 1.29 is 9.59 Å². The van der Waals surface area contributed by atoms with Gasteiger partial charge in [0.25, 0.3) is 0 Å². The van der Waals surface area contributed by atoms with E-state index in [9.17, 15) is 9.59 Å². The van der Waals surface area contributed by atoms with Crippen molar-refractivity contribution in [3.05, 3.63) is 35.4 Å². The lowest BCUT2D eigenvalue weighted by atomic mass is 10.1. The maximum absolute atomic E-state index is 11.7. The molecule has 1 aromatic rings.